The normalized spacial score (nSPS) is 15.3. The zero-order chi connectivity index (χ0) is 11.8. The minimum atomic E-state index is -0.744. The van der Waals surface area contributed by atoms with E-state index >= 15 is 0 Å². The van der Waals surface area contributed by atoms with Crippen LogP contribution in [0.3, 0.4) is 0 Å². The van der Waals surface area contributed by atoms with Crippen LogP contribution in [0, 0.1) is 5.92 Å². The summed E-state index contributed by atoms with van der Waals surface area (Å²) in [6.45, 7) is 9.28. The van der Waals surface area contributed by atoms with Crippen LogP contribution in [0.4, 0.5) is 0 Å². The number of carboxylic acids is 1. The fourth-order valence-electron chi connectivity index (χ4n) is 0.977. The zero-order valence-electron chi connectivity index (χ0n) is 10.1. The Kier molecular flexibility index (Phi) is 7.88. The van der Waals surface area contributed by atoms with Gasteiger partial charge in [-0.25, -0.2) is 0 Å². The molecule has 2 N–H and O–H groups in total. The highest BCUT2D eigenvalue weighted by atomic mass is 32.2. The van der Waals surface area contributed by atoms with Gasteiger partial charge in [0.2, 0.25) is 0 Å². The summed E-state index contributed by atoms with van der Waals surface area (Å²) in [5.41, 5.74) is 0. The molecule has 0 rings (SSSR count). The van der Waals surface area contributed by atoms with E-state index in [-0.39, 0.29) is 0 Å². The van der Waals surface area contributed by atoms with Gasteiger partial charge in [-0.15, -0.1) is 0 Å². The largest absolute Gasteiger partial charge is 0.480 e. The smallest absolute Gasteiger partial charge is 0.321 e. The molecule has 0 aromatic heterocycles. The number of carbonyl (C=O) groups is 1. The number of aliphatic carboxylic acids is 1. The summed E-state index contributed by atoms with van der Waals surface area (Å²) >= 11 is 1.73. The molecule has 0 radical (unpaired) electrons. The van der Waals surface area contributed by atoms with E-state index in [1.165, 1.54) is 0 Å². The molecule has 4 heteroatoms. The van der Waals surface area contributed by atoms with Crippen molar-refractivity contribution in [2.24, 2.45) is 5.92 Å². The van der Waals surface area contributed by atoms with Gasteiger partial charge in [0.05, 0.1) is 0 Å². The maximum absolute atomic E-state index is 10.9. The topological polar surface area (TPSA) is 49.3 Å². The number of nitrogens with one attached hydrogen (secondary N) is 1. The lowest BCUT2D eigenvalue weighted by Crippen LogP contribution is -2.39. The second kappa shape index (κ2) is 7.99. The standard InChI is InChI=1S/C11H23NO2S/c1-5-6-12-10(11(13)14)7-15-9(4)8(2)3/h8-10,12H,5-7H2,1-4H3,(H,13,14). The van der Waals surface area contributed by atoms with E-state index in [2.05, 4.69) is 26.1 Å². The first-order valence-corrected chi connectivity index (χ1v) is 6.61. The van der Waals surface area contributed by atoms with Crippen LogP contribution in [0.1, 0.15) is 34.1 Å². The summed E-state index contributed by atoms with van der Waals surface area (Å²) in [5.74, 6) is 0.497. The molecule has 2 unspecified atom stereocenters. The maximum atomic E-state index is 10.9. The summed E-state index contributed by atoms with van der Waals surface area (Å²) in [6.07, 6.45) is 0.966. The van der Waals surface area contributed by atoms with Gasteiger partial charge in [0, 0.05) is 11.0 Å². The molecule has 0 aromatic carbocycles. The van der Waals surface area contributed by atoms with E-state index in [1.54, 1.807) is 11.8 Å². The molecule has 0 aliphatic rings. The number of thioether (sulfide) groups is 1. The monoisotopic (exact) mass is 233 g/mol. The van der Waals surface area contributed by atoms with Crippen molar-refractivity contribution in [3.05, 3.63) is 0 Å². The van der Waals surface area contributed by atoms with Crippen molar-refractivity contribution in [1.82, 2.24) is 5.32 Å². The Balaban J connectivity index is 3.90. The molecule has 0 saturated carbocycles. The van der Waals surface area contributed by atoms with Crippen molar-refractivity contribution in [3.63, 3.8) is 0 Å². The van der Waals surface area contributed by atoms with Crippen LogP contribution in [-0.2, 0) is 4.79 Å². The molecule has 0 bridgehead atoms. The van der Waals surface area contributed by atoms with Crippen molar-refractivity contribution in [2.45, 2.75) is 45.4 Å². The third-order valence-corrected chi connectivity index (χ3v) is 4.00. The Bertz CT molecular complexity index is 185. The Morgan fingerprint density at radius 2 is 2.00 bits per heavy atom. The van der Waals surface area contributed by atoms with Crippen LogP contribution in [0.15, 0.2) is 0 Å². The lowest BCUT2D eigenvalue weighted by molar-refractivity contribution is -0.138. The lowest BCUT2D eigenvalue weighted by atomic mass is 10.2. The maximum Gasteiger partial charge on any atom is 0.321 e. The number of rotatable bonds is 8. The fraction of sp³-hybridized carbons (Fsp3) is 0.909. The van der Waals surface area contributed by atoms with Crippen LogP contribution in [0.25, 0.3) is 0 Å². The highest BCUT2D eigenvalue weighted by Gasteiger charge is 2.18. The molecule has 90 valence electrons. The average molecular weight is 233 g/mol. The van der Waals surface area contributed by atoms with Crippen LogP contribution in [0.2, 0.25) is 0 Å². The third-order valence-electron chi connectivity index (χ3n) is 2.40. The van der Waals surface area contributed by atoms with Gasteiger partial charge in [-0.05, 0) is 18.9 Å². The summed E-state index contributed by atoms with van der Waals surface area (Å²) < 4.78 is 0. The molecule has 0 amide bonds. The van der Waals surface area contributed by atoms with Crippen LogP contribution in [-0.4, -0.2) is 34.7 Å². The fourth-order valence-corrected chi connectivity index (χ4v) is 2.12. The quantitative estimate of drug-likeness (QED) is 0.675. The molecular formula is C11H23NO2S. The van der Waals surface area contributed by atoms with Gasteiger partial charge in [-0.2, -0.15) is 11.8 Å². The highest BCUT2D eigenvalue weighted by molar-refractivity contribution is 7.99. The molecule has 0 saturated heterocycles. The summed E-state index contributed by atoms with van der Waals surface area (Å²) in [4.78, 5) is 10.9. The van der Waals surface area contributed by atoms with Crippen molar-refractivity contribution < 1.29 is 9.90 Å². The van der Waals surface area contributed by atoms with E-state index in [1.807, 2.05) is 6.92 Å². The first-order valence-electron chi connectivity index (χ1n) is 5.56. The lowest BCUT2D eigenvalue weighted by Gasteiger charge is -2.19. The third kappa shape index (κ3) is 6.79. The van der Waals surface area contributed by atoms with E-state index in [0.29, 0.717) is 16.9 Å². The molecule has 2 atom stereocenters. The molecular weight excluding hydrogens is 210 g/mol. The first kappa shape index (κ1) is 14.8. The van der Waals surface area contributed by atoms with E-state index in [4.69, 9.17) is 5.11 Å². The zero-order valence-corrected chi connectivity index (χ0v) is 10.9. The Hall–Kier alpha value is -0.220. The van der Waals surface area contributed by atoms with Crippen LogP contribution < -0.4 is 5.32 Å². The number of hydrogen-bond donors (Lipinski definition) is 2. The molecule has 0 aromatic rings. The van der Waals surface area contributed by atoms with Crippen LogP contribution in [0.5, 0.6) is 0 Å². The summed E-state index contributed by atoms with van der Waals surface area (Å²) in [6, 6.07) is -0.406. The minimum absolute atomic E-state index is 0.406. The predicted octanol–water partition coefficient (Wildman–Crippen LogP) is 2.22. The molecule has 3 nitrogen and oxygen atoms in total. The summed E-state index contributed by atoms with van der Waals surface area (Å²) in [5, 5.41) is 12.5. The van der Waals surface area contributed by atoms with E-state index < -0.39 is 12.0 Å². The number of hydrogen-bond acceptors (Lipinski definition) is 3. The van der Waals surface area contributed by atoms with Gasteiger partial charge >= 0.3 is 5.97 Å². The molecule has 0 heterocycles. The minimum Gasteiger partial charge on any atom is -0.480 e. The molecule has 0 aliphatic heterocycles. The predicted molar refractivity (Wildman–Crippen MR) is 66.5 cm³/mol. The molecule has 0 aliphatic carbocycles. The first-order chi connectivity index (χ1) is 6.99. The Morgan fingerprint density at radius 1 is 1.40 bits per heavy atom. The second-order valence-corrected chi connectivity index (χ2v) is 5.54. The van der Waals surface area contributed by atoms with Crippen molar-refractivity contribution in [2.75, 3.05) is 12.3 Å². The van der Waals surface area contributed by atoms with Crippen molar-refractivity contribution in [1.29, 1.82) is 0 Å². The average Bonchev–Trinajstić information content (AvgIpc) is 2.16. The summed E-state index contributed by atoms with van der Waals surface area (Å²) in [7, 11) is 0. The van der Waals surface area contributed by atoms with Gasteiger partial charge in [-0.1, -0.05) is 27.7 Å². The van der Waals surface area contributed by atoms with E-state index in [0.717, 1.165) is 13.0 Å². The Labute approximate surface area is 97.0 Å². The van der Waals surface area contributed by atoms with Gasteiger partial charge in [0.1, 0.15) is 6.04 Å². The molecule has 0 fully saturated rings. The van der Waals surface area contributed by atoms with Gasteiger partial charge in [0.15, 0.2) is 0 Å². The molecule has 15 heavy (non-hydrogen) atoms. The highest BCUT2D eigenvalue weighted by Crippen LogP contribution is 2.19. The molecule has 0 spiro atoms. The van der Waals surface area contributed by atoms with Gasteiger partial charge in [0.25, 0.3) is 0 Å². The van der Waals surface area contributed by atoms with Crippen molar-refractivity contribution in [3.8, 4) is 0 Å². The SMILES string of the molecule is CCCNC(CSC(C)C(C)C)C(=O)O. The van der Waals surface area contributed by atoms with Crippen molar-refractivity contribution >= 4 is 17.7 Å². The van der Waals surface area contributed by atoms with Gasteiger partial charge in [-0.3, -0.25) is 4.79 Å². The second-order valence-electron chi connectivity index (χ2n) is 4.13. The number of carboxylic acid groups (broad SMARTS) is 1. The van der Waals surface area contributed by atoms with Crippen LogP contribution >= 0.6 is 11.8 Å². The van der Waals surface area contributed by atoms with E-state index in [9.17, 15) is 4.79 Å². The van der Waals surface area contributed by atoms with Gasteiger partial charge < -0.3 is 10.4 Å². The Morgan fingerprint density at radius 3 is 2.40 bits per heavy atom.